The highest BCUT2D eigenvalue weighted by Gasteiger charge is 2.11. The Morgan fingerprint density at radius 1 is 1.47 bits per heavy atom. The van der Waals surface area contributed by atoms with E-state index in [-0.39, 0.29) is 0 Å². The molecule has 0 radical (unpaired) electrons. The van der Waals surface area contributed by atoms with Crippen LogP contribution in [0, 0.1) is 0 Å². The first-order valence-electron chi connectivity index (χ1n) is 6.15. The van der Waals surface area contributed by atoms with Gasteiger partial charge in [-0.1, -0.05) is 0 Å². The fraction of sp³-hybridized carbons (Fsp3) is 0.385. The lowest BCUT2D eigenvalue weighted by Crippen LogP contribution is -2.18. The zero-order valence-electron chi connectivity index (χ0n) is 10.6. The van der Waals surface area contributed by atoms with Crippen molar-refractivity contribution in [2.75, 3.05) is 18.9 Å². The molecule has 0 saturated carbocycles. The van der Waals surface area contributed by atoms with E-state index in [1.807, 2.05) is 6.07 Å². The van der Waals surface area contributed by atoms with E-state index < -0.39 is 0 Å². The number of ether oxygens (including phenoxy) is 1. The first-order chi connectivity index (χ1) is 9.20. The van der Waals surface area contributed by atoms with Crippen LogP contribution in [0.2, 0.25) is 0 Å². The van der Waals surface area contributed by atoms with Gasteiger partial charge in [-0.15, -0.1) is 0 Å². The number of halogens is 1. The van der Waals surface area contributed by atoms with Gasteiger partial charge in [0, 0.05) is 43.0 Å². The molecule has 1 aliphatic rings. The van der Waals surface area contributed by atoms with Gasteiger partial charge in [-0.05, 0) is 34.8 Å². The third-order valence-electron chi connectivity index (χ3n) is 3.00. The van der Waals surface area contributed by atoms with E-state index in [9.17, 15) is 0 Å². The molecule has 1 saturated heterocycles. The molecule has 0 aliphatic carbocycles. The third-order valence-corrected chi connectivity index (χ3v) is 3.63. The summed E-state index contributed by atoms with van der Waals surface area (Å²) in [6, 6.07) is 2.20. The van der Waals surface area contributed by atoms with Gasteiger partial charge in [-0.25, -0.2) is 4.98 Å². The minimum Gasteiger partial charge on any atom is -0.404 e. The number of pyridine rings is 1. The molecule has 19 heavy (non-hydrogen) atoms. The molecule has 0 aromatic carbocycles. The maximum Gasteiger partial charge on any atom is 0.137 e. The summed E-state index contributed by atoms with van der Waals surface area (Å²) in [5, 5.41) is 0. The van der Waals surface area contributed by atoms with Gasteiger partial charge in [0.25, 0.3) is 0 Å². The quantitative estimate of drug-likeness (QED) is 0.832. The van der Waals surface area contributed by atoms with Gasteiger partial charge >= 0.3 is 0 Å². The number of aromatic nitrogens is 1. The molecular formula is C13H17BrN4O. The summed E-state index contributed by atoms with van der Waals surface area (Å²) in [6.45, 7) is 1.55. The maximum atomic E-state index is 5.66. The summed E-state index contributed by atoms with van der Waals surface area (Å²) in [6.07, 6.45) is 6.93. The number of allylic oxidation sites excluding steroid dienone is 1. The molecule has 1 aromatic rings. The van der Waals surface area contributed by atoms with Gasteiger partial charge in [0.15, 0.2) is 0 Å². The SMILES string of the molecule is NC=C(C=NC1CCOCC1)c1cnc(N)c(Br)c1. The molecule has 0 unspecified atom stereocenters. The largest absolute Gasteiger partial charge is 0.404 e. The normalized spacial score (nSPS) is 18.1. The van der Waals surface area contributed by atoms with Crippen LogP contribution < -0.4 is 11.5 Å². The molecule has 0 bridgehead atoms. The summed E-state index contributed by atoms with van der Waals surface area (Å²) in [7, 11) is 0. The van der Waals surface area contributed by atoms with Gasteiger partial charge < -0.3 is 16.2 Å². The number of hydrogen-bond acceptors (Lipinski definition) is 5. The number of anilines is 1. The predicted octanol–water partition coefficient (Wildman–Crippen LogP) is 1.98. The van der Waals surface area contributed by atoms with Crippen LogP contribution in [0.4, 0.5) is 5.82 Å². The number of hydrogen-bond donors (Lipinski definition) is 2. The van der Waals surface area contributed by atoms with Gasteiger partial charge in [-0.3, -0.25) is 4.99 Å². The lowest BCUT2D eigenvalue weighted by atomic mass is 10.1. The summed E-state index contributed by atoms with van der Waals surface area (Å²) < 4.78 is 6.06. The van der Waals surface area contributed by atoms with Gasteiger partial charge in [0.1, 0.15) is 5.82 Å². The second kappa shape index (κ2) is 6.68. The van der Waals surface area contributed by atoms with Crippen LogP contribution in [0.25, 0.3) is 5.57 Å². The van der Waals surface area contributed by atoms with Crippen LogP contribution in [0.1, 0.15) is 18.4 Å². The van der Waals surface area contributed by atoms with E-state index in [4.69, 9.17) is 16.2 Å². The second-order valence-electron chi connectivity index (χ2n) is 4.33. The molecule has 0 atom stereocenters. The van der Waals surface area contributed by atoms with Crippen molar-refractivity contribution in [3.05, 3.63) is 28.5 Å². The molecule has 4 N–H and O–H groups in total. The molecular weight excluding hydrogens is 308 g/mol. The van der Waals surface area contributed by atoms with Crippen LogP contribution in [-0.2, 0) is 4.74 Å². The zero-order chi connectivity index (χ0) is 13.7. The topological polar surface area (TPSA) is 86.5 Å². The van der Waals surface area contributed by atoms with Crippen molar-refractivity contribution < 1.29 is 4.74 Å². The third kappa shape index (κ3) is 3.78. The Labute approximate surface area is 120 Å². The Hall–Kier alpha value is -1.40. The molecule has 1 aromatic heterocycles. The average Bonchev–Trinajstić information content (AvgIpc) is 2.44. The van der Waals surface area contributed by atoms with E-state index in [1.54, 1.807) is 12.4 Å². The van der Waals surface area contributed by atoms with Crippen molar-refractivity contribution in [1.82, 2.24) is 4.98 Å². The van der Waals surface area contributed by atoms with E-state index in [1.165, 1.54) is 6.20 Å². The lowest BCUT2D eigenvalue weighted by Gasteiger charge is -2.18. The lowest BCUT2D eigenvalue weighted by molar-refractivity contribution is 0.0872. The molecule has 0 spiro atoms. The minimum absolute atomic E-state index is 0.314. The fourth-order valence-electron chi connectivity index (χ4n) is 1.84. The number of nitrogens with two attached hydrogens (primary N) is 2. The van der Waals surface area contributed by atoms with Crippen LogP contribution in [0.3, 0.4) is 0 Å². The van der Waals surface area contributed by atoms with Crippen molar-refractivity contribution in [2.24, 2.45) is 10.7 Å². The van der Waals surface area contributed by atoms with Crippen molar-refractivity contribution in [3.63, 3.8) is 0 Å². The number of nitrogens with zero attached hydrogens (tertiary/aromatic N) is 2. The fourth-order valence-corrected chi connectivity index (χ4v) is 2.19. The number of aliphatic imine (C=N–C) groups is 1. The minimum atomic E-state index is 0.314. The second-order valence-corrected chi connectivity index (χ2v) is 5.19. The molecule has 1 aliphatic heterocycles. The average molecular weight is 325 g/mol. The predicted molar refractivity (Wildman–Crippen MR) is 80.8 cm³/mol. The Kier molecular flexibility index (Phi) is 4.93. The standard InChI is InChI=1S/C13H17BrN4O/c14-12-5-9(7-18-13(12)16)10(6-15)8-17-11-1-3-19-4-2-11/h5-8,11H,1-4,15H2,(H2,16,18). The van der Waals surface area contributed by atoms with E-state index >= 15 is 0 Å². The monoisotopic (exact) mass is 324 g/mol. The number of rotatable bonds is 3. The Balaban J connectivity index is 2.11. The van der Waals surface area contributed by atoms with Crippen LogP contribution >= 0.6 is 15.9 Å². The Morgan fingerprint density at radius 3 is 2.84 bits per heavy atom. The molecule has 2 rings (SSSR count). The molecule has 1 fully saturated rings. The van der Waals surface area contributed by atoms with Gasteiger partial charge in [0.2, 0.25) is 0 Å². The summed E-state index contributed by atoms with van der Waals surface area (Å²) in [5.41, 5.74) is 13.0. The van der Waals surface area contributed by atoms with Crippen LogP contribution in [0.15, 0.2) is 27.9 Å². The van der Waals surface area contributed by atoms with E-state index in [0.717, 1.165) is 41.7 Å². The highest BCUT2D eigenvalue weighted by Crippen LogP contribution is 2.21. The van der Waals surface area contributed by atoms with Crippen molar-refractivity contribution in [3.8, 4) is 0 Å². The summed E-state index contributed by atoms with van der Waals surface area (Å²) in [4.78, 5) is 8.65. The van der Waals surface area contributed by atoms with Crippen molar-refractivity contribution >= 4 is 33.5 Å². The van der Waals surface area contributed by atoms with Gasteiger partial charge in [0.05, 0.1) is 10.5 Å². The van der Waals surface area contributed by atoms with E-state index in [0.29, 0.717) is 11.9 Å². The molecule has 102 valence electrons. The van der Waals surface area contributed by atoms with Crippen molar-refractivity contribution in [1.29, 1.82) is 0 Å². The van der Waals surface area contributed by atoms with Crippen LogP contribution in [-0.4, -0.2) is 30.5 Å². The highest BCUT2D eigenvalue weighted by atomic mass is 79.9. The first-order valence-corrected chi connectivity index (χ1v) is 6.94. The number of nitrogen functional groups attached to an aromatic ring is 1. The molecule has 5 nitrogen and oxygen atoms in total. The Bertz CT molecular complexity index is 495. The summed E-state index contributed by atoms with van der Waals surface area (Å²) in [5.74, 6) is 0.460. The van der Waals surface area contributed by atoms with Gasteiger partial charge in [-0.2, -0.15) is 0 Å². The smallest absolute Gasteiger partial charge is 0.137 e. The first kappa shape index (κ1) is 14.0. The molecule has 0 amide bonds. The Morgan fingerprint density at radius 2 is 2.21 bits per heavy atom. The van der Waals surface area contributed by atoms with E-state index in [2.05, 4.69) is 25.9 Å². The zero-order valence-corrected chi connectivity index (χ0v) is 12.1. The maximum absolute atomic E-state index is 5.66. The molecule has 2 heterocycles. The molecule has 6 heteroatoms. The van der Waals surface area contributed by atoms with Crippen LogP contribution in [0.5, 0.6) is 0 Å². The summed E-state index contributed by atoms with van der Waals surface area (Å²) >= 11 is 3.35. The highest BCUT2D eigenvalue weighted by molar-refractivity contribution is 9.10. The van der Waals surface area contributed by atoms with Crippen molar-refractivity contribution in [2.45, 2.75) is 18.9 Å².